The smallest absolute Gasteiger partial charge is 0.335 e. The van der Waals surface area contributed by atoms with Crippen LogP contribution in [0.4, 0.5) is 9.18 Å². The van der Waals surface area contributed by atoms with E-state index >= 15 is 0 Å². The molecule has 0 bridgehead atoms. The van der Waals surface area contributed by atoms with Crippen LogP contribution in [0.15, 0.2) is 18.2 Å². The van der Waals surface area contributed by atoms with Gasteiger partial charge < -0.3 is 14.9 Å². The van der Waals surface area contributed by atoms with Crippen LogP contribution in [-0.2, 0) is 6.54 Å². The Labute approximate surface area is 103 Å². The van der Waals surface area contributed by atoms with Crippen molar-refractivity contribution < 1.29 is 19.1 Å². The lowest BCUT2D eigenvalue weighted by atomic mass is 10.1. The number of hydrogen-bond donors (Lipinski definition) is 1. The quantitative estimate of drug-likeness (QED) is 0.884. The number of carbonyl (C=O) groups is 2. The molecule has 1 N–H and O–H groups in total. The van der Waals surface area contributed by atoms with Gasteiger partial charge in [0.15, 0.2) is 0 Å². The Balaban J connectivity index is 2.21. The number of hydrogen-bond acceptors (Lipinski definition) is 2. The molecular formula is C12H13FN2O3. The molecule has 1 aromatic carbocycles. The van der Waals surface area contributed by atoms with Crippen LogP contribution in [0.2, 0.25) is 0 Å². The van der Waals surface area contributed by atoms with Gasteiger partial charge in [0.05, 0.1) is 12.1 Å². The van der Waals surface area contributed by atoms with Crippen molar-refractivity contribution >= 4 is 12.0 Å². The topological polar surface area (TPSA) is 60.9 Å². The van der Waals surface area contributed by atoms with Gasteiger partial charge in [0.1, 0.15) is 5.82 Å². The number of carboxylic acids is 1. The zero-order valence-corrected chi connectivity index (χ0v) is 9.89. The van der Waals surface area contributed by atoms with Gasteiger partial charge in [0.25, 0.3) is 0 Å². The minimum absolute atomic E-state index is 0.0198. The van der Waals surface area contributed by atoms with E-state index in [0.717, 1.165) is 6.07 Å². The summed E-state index contributed by atoms with van der Waals surface area (Å²) >= 11 is 0. The molecule has 0 spiro atoms. The van der Waals surface area contributed by atoms with E-state index in [0.29, 0.717) is 13.1 Å². The van der Waals surface area contributed by atoms with Gasteiger partial charge in [-0.1, -0.05) is 0 Å². The minimum atomic E-state index is -1.11. The predicted molar refractivity (Wildman–Crippen MR) is 61.8 cm³/mol. The van der Waals surface area contributed by atoms with Gasteiger partial charge >= 0.3 is 12.0 Å². The van der Waals surface area contributed by atoms with Crippen molar-refractivity contribution in [3.05, 3.63) is 35.1 Å². The van der Waals surface area contributed by atoms with E-state index in [-0.39, 0.29) is 23.7 Å². The van der Waals surface area contributed by atoms with Crippen molar-refractivity contribution in [2.45, 2.75) is 6.54 Å². The highest BCUT2D eigenvalue weighted by atomic mass is 19.1. The zero-order chi connectivity index (χ0) is 13.3. The molecule has 0 aliphatic carbocycles. The van der Waals surface area contributed by atoms with E-state index in [1.54, 1.807) is 11.9 Å². The van der Waals surface area contributed by atoms with Gasteiger partial charge in [0, 0.05) is 25.7 Å². The van der Waals surface area contributed by atoms with Crippen molar-refractivity contribution in [3.63, 3.8) is 0 Å². The number of carbonyl (C=O) groups excluding carboxylic acids is 1. The van der Waals surface area contributed by atoms with Crippen LogP contribution in [0.25, 0.3) is 0 Å². The molecule has 1 aromatic rings. The van der Waals surface area contributed by atoms with Crippen LogP contribution in [-0.4, -0.2) is 47.0 Å². The Bertz CT molecular complexity index is 504. The molecule has 1 heterocycles. The van der Waals surface area contributed by atoms with Crippen LogP contribution in [0.1, 0.15) is 15.9 Å². The third-order valence-corrected chi connectivity index (χ3v) is 2.96. The molecule has 0 atom stereocenters. The van der Waals surface area contributed by atoms with Gasteiger partial charge in [-0.05, 0) is 18.2 Å². The molecule has 1 aliphatic heterocycles. The summed E-state index contributed by atoms with van der Waals surface area (Å²) in [5.41, 5.74) is 0.241. The highest BCUT2D eigenvalue weighted by Gasteiger charge is 2.26. The average Bonchev–Trinajstić information content (AvgIpc) is 2.63. The summed E-state index contributed by atoms with van der Waals surface area (Å²) in [6, 6.07) is 3.42. The number of aromatic carboxylic acids is 1. The SMILES string of the molecule is CN1CCN(Cc2cc(C(=O)O)ccc2F)C1=O. The normalized spacial score (nSPS) is 15.3. The van der Waals surface area contributed by atoms with E-state index in [1.165, 1.54) is 17.0 Å². The van der Waals surface area contributed by atoms with Gasteiger partial charge in [-0.3, -0.25) is 0 Å². The molecule has 18 heavy (non-hydrogen) atoms. The lowest BCUT2D eigenvalue weighted by Gasteiger charge is -2.16. The molecule has 1 saturated heterocycles. The first-order chi connectivity index (χ1) is 8.49. The number of halogens is 1. The number of benzene rings is 1. The van der Waals surface area contributed by atoms with Crippen LogP contribution in [0, 0.1) is 5.82 Å². The molecule has 2 rings (SSSR count). The van der Waals surface area contributed by atoms with E-state index in [4.69, 9.17) is 5.11 Å². The third-order valence-electron chi connectivity index (χ3n) is 2.96. The largest absolute Gasteiger partial charge is 0.478 e. The van der Waals surface area contributed by atoms with Gasteiger partial charge in [-0.2, -0.15) is 0 Å². The molecule has 0 saturated carbocycles. The van der Waals surface area contributed by atoms with E-state index < -0.39 is 11.8 Å². The number of rotatable bonds is 3. The van der Waals surface area contributed by atoms with Crippen molar-refractivity contribution in [3.8, 4) is 0 Å². The number of likely N-dealkylation sites (N-methyl/N-ethyl adjacent to an activating group) is 1. The molecule has 1 aliphatic rings. The first kappa shape index (κ1) is 12.3. The second kappa shape index (κ2) is 4.64. The summed E-state index contributed by atoms with van der Waals surface area (Å²) in [6.07, 6.45) is 0. The maximum atomic E-state index is 13.6. The van der Waals surface area contributed by atoms with Gasteiger partial charge in [0.2, 0.25) is 0 Å². The van der Waals surface area contributed by atoms with Crippen LogP contribution >= 0.6 is 0 Å². The zero-order valence-electron chi connectivity index (χ0n) is 9.89. The first-order valence-corrected chi connectivity index (χ1v) is 5.51. The third kappa shape index (κ3) is 2.27. The van der Waals surface area contributed by atoms with Crippen LogP contribution in [0.3, 0.4) is 0 Å². The fourth-order valence-corrected chi connectivity index (χ4v) is 1.88. The molecule has 0 unspecified atom stereocenters. The highest BCUT2D eigenvalue weighted by Crippen LogP contribution is 2.16. The standard InChI is InChI=1S/C12H13FN2O3/c1-14-4-5-15(12(14)18)7-9-6-8(11(16)17)2-3-10(9)13/h2-3,6H,4-5,7H2,1H3,(H,16,17). The molecule has 96 valence electrons. The Morgan fingerprint density at radius 1 is 1.44 bits per heavy atom. The summed E-state index contributed by atoms with van der Waals surface area (Å²) in [7, 11) is 1.67. The Hall–Kier alpha value is -2.11. The monoisotopic (exact) mass is 252 g/mol. The summed E-state index contributed by atoms with van der Waals surface area (Å²) in [6.45, 7) is 1.21. The molecule has 1 fully saturated rings. The van der Waals surface area contributed by atoms with E-state index in [9.17, 15) is 14.0 Å². The molecular weight excluding hydrogens is 239 g/mol. The molecule has 5 nitrogen and oxygen atoms in total. The number of urea groups is 1. The van der Waals surface area contributed by atoms with Crippen molar-refractivity contribution in [1.82, 2.24) is 9.80 Å². The summed E-state index contributed by atoms with van der Waals surface area (Å²) in [5.74, 6) is -1.61. The van der Waals surface area contributed by atoms with Gasteiger partial charge in [-0.15, -0.1) is 0 Å². The number of amides is 2. The maximum absolute atomic E-state index is 13.6. The van der Waals surface area contributed by atoms with Crippen LogP contribution < -0.4 is 0 Å². The lowest BCUT2D eigenvalue weighted by molar-refractivity contribution is 0.0696. The highest BCUT2D eigenvalue weighted by molar-refractivity contribution is 5.87. The number of carboxylic acid groups (broad SMARTS) is 1. The Morgan fingerprint density at radius 2 is 2.17 bits per heavy atom. The number of nitrogens with zero attached hydrogens (tertiary/aromatic N) is 2. The Morgan fingerprint density at radius 3 is 2.72 bits per heavy atom. The molecule has 0 radical (unpaired) electrons. The second-order valence-corrected chi connectivity index (χ2v) is 4.24. The lowest BCUT2D eigenvalue weighted by Crippen LogP contribution is -2.29. The second-order valence-electron chi connectivity index (χ2n) is 4.24. The Kier molecular flexibility index (Phi) is 3.18. The average molecular weight is 252 g/mol. The fraction of sp³-hybridized carbons (Fsp3) is 0.333. The molecule has 2 amide bonds. The first-order valence-electron chi connectivity index (χ1n) is 5.51. The van der Waals surface area contributed by atoms with E-state index in [1.807, 2.05) is 0 Å². The molecule has 0 aromatic heterocycles. The summed E-state index contributed by atoms with van der Waals surface area (Å²) in [4.78, 5) is 25.5. The summed E-state index contributed by atoms with van der Waals surface area (Å²) < 4.78 is 13.6. The van der Waals surface area contributed by atoms with Crippen molar-refractivity contribution in [2.24, 2.45) is 0 Å². The van der Waals surface area contributed by atoms with Gasteiger partial charge in [-0.25, -0.2) is 14.0 Å². The van der Waals surface area contributed by atoms with Crippen molar-refractivity contribution in [1.29, 1.82) is 0 Å². The maximum Gasteiger partial charge on any atom is 0.335 e. The van der Waals surface area contributed by atoms with Crippen LogP contribution in [0.5, 0.6) is 0 Å². The molecule has 6 heteroatoms. The summed E-state index contributed by atoms with van der Waals surface area (Å²) in [5, 5.41) is 8.84. The van der Waals surface area contributed by atoms with Crippen molar-refractivity contribution in [2.75, 3.05) is 20.1 Å². The predicted octanol–water partition coefficient (Wildman–Crippen LogP) is 1.39. The fourth-order valence-electron chi connectivity index (χ4n) is 1.88. The van der Waals surface area contributed by atoms with E-state index in [2.05, 4.69) is 0 Å². The minimum Gasteiger partial charge on any atom is -0.478 e.